The first kappa shape index (κ1) is 15.2. The lowest BCUT2D eigenvalue weighted by Crippen LogP contribution is -2.19. The number of carbonyl (C=O) groups excluding carboxylic acids is 1. The molecule has 5 nitrogen and oxygen atoms in total. The highest BCUT2D eigenvalue weighted by Gasteiger charge is 2.23. The van der Waals surface area contributed by atoms with Crippen molar-refractivity contribution in [1.82, 2.24) is 0 Å². The summed E-state index contributed by atoms with van der Waals surface area (Å²) >= 11 is 0. The summed E-state index contributed by atoms with van der Waals surface area (Å²) in [5, 5.41) is 19.2. The molecular formula is C18H18O5. The Balaban J connectivity index is 1.85. The molecule has 0 amide bonds. The summed E-state index contributed by atoms with van der Waals surface area (Å²) in [6.45, 7) is 2.56. The maximum Gasteiger partial charge on any atom is 0.338 e. The van der Waals surface area contributed by atoms with Crippen LogP contribution >= 0.6 is 0 Å². The minimum Gasteiger partial charge on any atom is -0.504 e. The summed E-state index contributed by atoms with van der Waals surface area (Å²) in [4.78, 5) is 11.8. The molecule has 120 valence electrons. The highest BCUT2D eigenvalue weighted by Crippen LogP contribution is 2.39. The summed E-state index contributed by atoms with van der Waals surface area (Å²) < 4.78 is 10.7. The van der Waals surface area contributed by atoms with Crippen molar-refractivity contribution < 1.29 is 24.5 Å². The van der Waals surface area contributed by atoms with Gasteiger partial charge in [-0.25, -0.2) is 4.79 Å². The van der Waals surface area contributed by atoms with Crippen LogP contribution in [0, 0.1) is 0 Å². The van der Waals surface area contributed by atoms with E-state index < -0.39 is 0 Å². The zero-order chi connectivity index (χ0) is 16.4. The Morgan fingerprint density at radius 1 is 1.26 bits per heavy atom. The zero-order valence-corrected chi connectivity index (χ0v) is 12.8. The number of benzene rings is 2. The summed E-state index contributed by atoms with van der Waals surface area (Å²) in [6, 6.07) is 10.3. The molecule has 1 aliphatic rings. The van der Waals surface area contributed by atoms with Gasteiger partial charge in [0.1, 0.15) is 5.75 Å². The molecule has 23 heavy (non-hydrogen) atoms. The van der Waals surface area contributed by atoms with E-state index in [9.17, 15) is 15.0 Å². The number of aromatic hydroxyl groups is 2. The first-order valence-corrected chi connectivity index (χ1v) is 7.53. The molecule has 1 atom stereocenters. The Bertz CT molecular complexity index is 738. The fourth-order valence-electron chi connectivity index (χ4n) is 2.76. The van der Waals surface area contributed by atoms with Gasteiger partial charge in [-0.3, -0.25) is 0 Å². The smallest absolute Gasteiger partial charge is 0.338 e. The quantitative estimate of drug-likeness (QED) is 0.673. The van der Waals surface area contributed by atoms with E-state index in [2.05, 4.69) is 0 Å². The lowest BCUT2D eigenvalue weighted by Gasteiger charge is -2.26. The van der Waals surface area contributed by atoms with Crippen LogP contribution in [0.1, 0.15) is 34.3 Å². The number of ether oxygens (including phenoxy) is 2. The van der Waals surface area contributed by atoms with Crippen molar-refractivity contribution in [2.24, 2.45) is 0 Å². The van der Waals surface area contributed by atoms with Gasteiger partial charge in [-0.05, 0) is 42.7 Å². The second kappa shape index (κ2) is 6.20. The molecule has 0 radical (unpaired) electrons. The highest BCUT2D eigenvalue weighted by molar-refractivity contribution is 5.89. The summed E-state index contributed by atoms with van der Waals surface area (Å²) in [5.74, 6) is -0.0345. The van der Waals surface area contributed by atoms with Crippen LogP contribution in [0.25, 0.3) is 0 Å². The van der Waals surface area contributed by atoms with Crippen LogP contribution in [0.15, 0.2) is 36.4 Å². The largest absolute Gasteiger partial charge is 0.504 e. The predicted octanol–water partition coefficient (Wildman–Crippen LogP) is 2.99. The molecule has 0 aliphatic carbocycles. The summed E-state index contributed by atoms with van der Waals surface area (Å²) in [5.41, 5.74) is 2.33. The SMILES string of the molecule is CCOC(=O)c1cccc(C2COc3cc(O)c(O)cc3C2)c1. The van der Waals surface area contributed by atoms with Gasteiger partial charge in [0.05, 0.1) is 18.8 Å². The Morgan fingerprint density at radius 2 is 2.04 bits per heavy atom. The van der Waals surface area contributed by atoms with Crippen molar-refractivity contribution in [2.45, 2.75) is 19.3 Å². The van der Waals surface area contributed by atoms with Crippen LogP contribution < -0.4 is 4.74 Å². The van der Waals surface area contributed by atoms with Crippen molar-refractivity contribution in [3.8, 4) is 17.2 Å². The molecule has 5 heteroatoms. The van der Waals surface area contributed by atoms with Crippen LogP contribution in [0.2, 0.25) is 0 Å². The Kier molecular flexibility index (Phi) is 4.10. The summed E-state index contributed by atoms with van der Waals surface area (Å²) in [7, 11) is 0. The first-order chi connectivity index (χ1) is 11.1. The maximum absolute atomic E-state index is 11.8. The Hall–Kier alpha value is -2.69. The van der Waals surface area contributed by atoms with Gasteiger partial charge in [0.15, 0.2) is 11.5 Å². The highest BCUT2D eigenvalue weighted by atomic mass is 16.5. The fourth-order valence-corrected chi connectivity index (χ4v) is 2.76. The molecule has 0 fully saturated rings. The van der Waals surface area contributed by atoms with Gasteiger partial charge in [0.2, 0.25) is 0 Å². The van der Waals surface area contributed by atoms with Gasteiger partial charge in [0, 0.05) is 12.0 Å². The minimum absolute atomic E-state index is 0.0702. The van der Waals surface area contributed by atoms with E-state index in [4.69, 9.17) is 9.47 Å². The molecule has 0 aromatic heterocycles. The molecule has 0 spiro atoms. The van der Waals surface area contributed by atoms with E-state index in [-0.39, 0.29) is 23.4 Å². The summed E-state index contributed by atoms with van der Waals surface area (Å²) in [6.07, 6.45) is 0.662. The average molecular weight is 314 g/mol. The van der Waals surface area contributed by atoms with Crippen LogP contribution in [0.5, 0.6) is 17.2 Å². The average Bonchev–Trinajstić information content (AvgIpc) is 2.56. The number of hydrogen-bond donors (Lipinski definition) is 2. The van der Waals surface area contributed by atoms with Crippen LogP contribution in [0.4, 0.5) is 0 Å². The van der Waals surface area contributed by atoms with Gasteiger partial charge in [-0.15, -0.1) is 0 Å². The third kappa shape index (κ3) is 3.08. The van der Waals surface area contributed by atoms with Crippen molar-refractivity contribution >= 4 is 5.97 Å². The lowest BCUT2D eigenvalue weighted by atomic mass is 9.89. The van der Waals surface area contributed by atoms with E-state index in [1.807, 2.05) is 18.2 Å². The fraction of sp³-hybridized carbons (Fsp3) is 0.278. The number of rotatable bonds is 3. The number of phenolic OH excluding ortho intramolecular Hbond substituents is 2. The zero-order valence-electron chi connectivity index (χ0n) is 12.8. The predicted molar refractivity (Wildman–Crippen MR) is 84.1 cm³/mol. The van der Waals surface area contributed by atoms with Gasteiger partial charge < -0.3 is 19.7 Å². The molecule has 0 saturated carbocycles. The van der Waals surface area contributed by atoms with E-state index in [1.165, 1.54) is 12.1 Å². The number of esters is 1. The molecule has 1 aliphatic heterocycles. The van der Waals surface area contributed by atoms with E-state index >= 15 is 0 Å². The van der Waals surface area contributed by atoms with Crippen LogP contribution in [-0.4, -0.2) is 29.4 Å². The number of phenols is 2. The van der Waals surface area contributed by atoms with Crippen molar-refractivity contribution in [3.05, 3.63) is 53.1 Å². The second-order valence-electron chi connectivity index (χ2n) is 5.51. The molecule has 1 heterocycles. The van der Waals surface area contributed by atoms with Crippen molar-refractivity contribution in [1.29, 1.82) is 0 Å². The third-order valence-corrected chi connectivity index (χ3v) is 3.93. The van der Waals surface area contributed by atoms with Crippen molar-refractivity contribution in [3.63, 3.8) is 0 Å². The number of hydrogen-bond acceptors (Lipinski definition) is 5. The minimum atomic E-state index is -0.339. The second-order valence-corrected chi connectivity index (χ2v) is 5.51. The van der Waals surface area contributed by atoms with E-state index in [0.717, 1.165) is 11.1 Å². The van der Waals surface area contributed by atoms with Crippen LogP contribution in [-0.2, 0) is 11.2 Å². The molecule has 0 bridgehead atoms. The normalized spacial score (nSPS) is 16.3. The molecular weight excluding hydrogens is 296 g/mol. The van der Waals surface area contributed by atoms with Crippen molar-refractivity contribution in [2.75, 3.05) is 13.2 Å². The number of carbonyl (C=O) groups is 1. The molecule has 3 rings (SSSR count). The maximum atomic E-state index is 11.8. The topological polar surface area (TPSA) is 76.0 Å². The van der Waals surface area contributed by atoms with E-state index in [1.54, 1.807) is 13.0 Å². The Morgan fingerprint density at radius 3 is 2.83 bits per heavy atom. The first-order valence-electron chi connectivity index (χ1n) is 7.53. The van der Waals surface area contributed by atoms with Crippen LogP contribution in [0.3, 0.4) is 0 Å². The standard InChI is InChI=1S/C18H18O5/c1-2-22-18(21)12-5-3-4-11(6-12)14-7-13-8-15(19)16(20)9-17(13)23-10-14/h3-6,8-9,14,19-20H,2,7,10H2,1H3. The third-order valence-electron chi connectivity index (χ3n) is 3.93. The number of fused-ring (bicyclic) bond motifs is 1. The lowest BCUT2D eigenvalue weighted by molar-refractivity contribution is 0.0526. The van der Waals surface area contributed by atoms with Gasteiger partial charge >= 0.3 is 5.97 Å². The molecule has 0 saturated heterocycles. The van der Waals surface area contributed by atoms with Gasteiger partial charge in [-0.2, -0.15) is 0 Å². The van der Waals surface area contributed by atoms with Gasteiger partial charge in [-0.1, -0.05) is 12.1 Å². The Labute approximate surface area is 134 Å². The molecule has 2 N–H and O–H groups in total. The van der Waals surface area contributed by atoms with E-state index in [0.29, 0.717) is 30.9 Å². The molecule has 1 unspecified atom stereocenters. The molecule has 2 aromatic rings. The molecule has 2 aromatic carbocycles. The monoisotopic (exact) mass is 314 g/mol. The van der Waals surface area contributed by atoms with Gasteiger partial charge in [0.25, 0.3) is 0 Å².